The van der Waals surface area contributed by atoms with E-state index >= 15 is 0 Å². The molecular weight excluding hydrogens is 222 g/mol. The van der Waals surface area contributed by atoms with E-state index in [0.717, 1.165) is 29.1 Å². The lowest BCUT2D eigenvalue weighted by Crippen LogP contribution is -2.00. The first-order valence-corrected chi connectivity index (χ1v) is 5.68. The molecule has 0 radical (unpaired) electrons. The van der Waals surface area contributed by atoms with Crippen molar-refractivity contribution in [1.82, 2.24) is 14.8 Å². The SMILES string of the molecule is CCc1nn(-c2cc(C)ccn2)c(Cl)c1C. The minimum atomic E-state index is 0.648. The maximum atomic E-state index is 6.24. The Bertz CT molecular complexity index is 517. The van der Waals surface area contributed by atoms with Gasteiger partial charge < -0.3 is 0 Å². The highest BCUT2D eigenvalue weighted by Crippen LogP contribution is 2.22. The summed E-state index contributed by atoms with van der Waals surface area (Å²) in [6, 6.07) is 3.92. The molecule has 0 fully saturated rings. The minimum absolute atomic E-state index is 0.648. The molecule has 0 amide bonds. The van der Waals surface area contributed by atoms with E-state index in [9.17, 15) is 0 Å². The van der Waals surface area contributed by atoms with E-state index in [-0.39, 0.29) is 0 Å². The predicted octanol–water partition coefficient (Wildman–Crippen LogP) is 3.10. The van der Waals surface area contributed by atoms with Crippen molar-refractivity contribution in [3.63, 3.8) is 0 Å². The highest BCUT2D eigenvalue weighted by molar-refractivity contribution is 6.30. The molecule has 0 atom stereocenters. The first-order chi connectivity index (χ1) is 7.63. The summed E-state index contributed by atoms with van der Waals surface area (Å²) in [6.45, 7) is 6.08. The summed E-state index contributed by atoms with van der Waals surface area (Å²) in [5.74, 6) is 0.771. The van der Waals surface area contributed by atoms with Crippen molar-refractivity contribution in [3.05, 3.63) is 40.3 Å². The van der Waals surface area contributed by atoms with Crippen molar-refractivity contribution in [2.75, 3.05) is 0 Å². The fourth-order valence-electron chi connectivity index (χ4n) is 1.64. The molecule has 0 bridgehead atoms. The molecule has 2 aromatic heterocycles. The van der Waals surface area contributed by atoms with Crippen LogP contribution in [0.15, 0.2) is 18.3 Å². The van der Waals surface area contributed by atoms with Gasteiger partial charge in [-0.3, -0.25) is 0 Å². The van der Waals surface area contributed by atoms with E-state index < -0.39 is 0 Å². The van der Waals surface area contributed by atoms with Crippen molar-refractivity contribution < 1.29 is 0 Å². The van der Waals surface area contributed by atoms with Gasteiger partial charge in [0.15, 0.2) is 5.82 Å². The first-order valence-electron chi connectivity index (χ1n) is 5.30. The summed E-state index contributed by atoms with van der Waals surface area (Å²) in [6.07, 6.45) is 2.65. The topological polar surface area (TPSA) is 30.7 Å². The zero-order chi connectivity index (χ0) is 11.7. The third-order valence-electron chi connectivity index (χ3n) is 2.60. The summed E-state index contributed by atoms with van der Waals surface area (Å²) in [5, 5.41) is 5.11. The summed E-state index contributed by atoms with van der Waals surface area (Å²) >= 11 is 6.24. The van der Waals surface area contributed by atoms with Crippen LogP contribution in [-0.4, -0.2) is 14.8 Å². The molecule has 4 heteroatoms. The predicted molar refractivity (Wildman–Crippen MR) is 65.2 cm³/mol. The molecule has 0 saturated heterocycles. The van der Waals surface area contributed by atoms with Gasteiger partial charge in [0.2, 0.25) is 0 Å². The van der Waals surface area contributed by atoms with Gasteiger partial charge in [0.25, 0.3) is 0 Å². The van der Waals surface area contributed by atoms with Crippen LogP contribution < -0.4 is 0 Å². The molecule has 0 aliphatic rings. The lowest BCUT2D eigenvalue weighted by molar-refractivity contribution is 0.815. The Morgan fingerprint density at radius 2 is 2.12 bits per heavy atom. The van der Waals surface area contributed by atoms with Crippen LogP contribution in [0.25, 0.3) is 5.82 Å². The van der Waals surface area contributed by atoms with Gasteiger partial charge in [-0.2, -0.15) is 5.10 Å². The van der Waals surface area contributed by atoms with Crippen LogP contribution in [0.3, 0.4) is 0 Å². The maximum absolute atomic E-state index is 6.24. The summed E-state index contributed by atoms with van der Waals surface area (Å²) < 4.78 is 1.70. The number of aryl methyl sites for hydroxylation is 2. The molecule has 0 aliphatic carbocycles. The van der Waals surface area contributed by atoms with Crippen molar-refractivity contribution >= 4 is 11.6 Å². The Kier molecular flexibility index (Phi) is 2.97. The van der Waals surface area contributed by atoms with Gasteiger partial charge in [-0.25, -0.2) is 9.67 Å². The number of hydrogen-bond acceptors (Lipinski definition) is 2. The Labute approximate surface area is 100 Å². The standard InChI is InChI=1S/C12H14ClN3/c1-4-10-9(3)12(13)16(15-10)11-7-8(2)5-6-14-11/h5-7H,4H2,1-3H3. The van der Waals surface area contributed by atoms with Crippen LogP contribution in [-0.2, 0) is 6.42 Å². The largest absolute Gasteiger partial charge is 0.237 e. The molecule has 0 aromatic carbocycles. The lowest BCUT2D eigenvalue weighted by Gasteiger charge is -2.02. The van der Waals surface area contributed by atoms with E-state index in [1.54, 1.807) is 10.9 Å². The number of hydrogen-bond donors (Lipinski definition) is 0. The van der Waals surface area contributed by atoms with Crippen LogP contribution >= 0.6 is 11.6 Å². The van der Waals surface area contributed by atoms with Crippen LogP contribution in [0.2, 0.25) is 5.15 Å². The quantitative estimate of drug-likeness (QED) is 0.801. The van der Waals surface area contributed by atoms with Crippen LogP contribution in [0.1, 0.15) is 23.7 Å². The summed E-state index contributed by atoms with van der Waals surface area (Å²) in [7, 11) is 0. The number of nitrogens with zero attached hydrogens (tertiary/aromatic N) is 3. The monoisotopic (exact) mass is 235 g/mol. The van der Waals surface area contributed by atoms with E-state index in [0.29, 0.717) is 5.15 Å². The molecule has 0 unspecified atom stereocenters. The highest BCUT2D eigenvalue weighted by Gasteiger charge is 2.12. The van der Waals surface area contributed by atoms with Gasteiger partial charge in [0.1, 0.15) is 5.15 Å². The number of pyridine rings is 1. The average Bonchev–Trinajstić information content (AvgIpc) is 2.56. The summed E-state index contributed by atoms with van der Waals surface area (Å²) in [4.78, 5) is 4.28. The molecule has 0 saturated carbocycles. The molecule has 0 aliphatic heterocycles. The van der Waals surface area contributed by atoms with E-state index in [2.05, 4.69) is 17.0 Å². The number of aromatic nitrogens is 3. The second-order valence-corrected chi connectivity index (χ2v) is 4.18. The van der Waals surface area contributed by atoms with Gasteiger partial charge in [0.05, 0.1) is 5.69 Å². The first kappa shape index (κ1) is 11.1. The maximum Gasteiger partial charge on any atom is 0.155 e. The molecule has 2 heterocycles. The van der Waals surface area contributed by atoms with Crippen molar-refractivity contribution in [2.24, 2.45) is 0 Å². The van der Waals surface area contributed by atoms with Crippen molar-refractivity contribution in [1.29, 1.82) is 0 Å². The van der Waals surface area contributed by atoms with E-state index in [1.807, 2.05) is 26.0 Å². The fraction of sp³-hybridized carbons (Fsp3) is 0.333. The summed E-state index contributed by atoms with van der Waals surface area (Å²) in [5.41, 5.74) is 3.20. The van der Waals surface area contributed by atoms with Crippen LogP contribution in [0, 0.1) is 13.8 Å². The van der Waals surface area contributed by atoms with Gasteiger partial charge >= 0.3 is 0 Å². The van der Waals surface area contributed by atoms with Crippen LogP contribution in [0.4, 0.5) is 0 Å². The van der Waals surface area contributed by atoms with Crippen molar-refractivity contribution in [3.8, 4) is 5.82 Å². The lowest BCUT2D eigenvalue weighted by atomic mass is 10.2. The molecular formula is C12H14ClN3. The molecule has 3 nitrogen and oxygen atoms in total. The molecule has 0 spiro atoms. The smallest absolute Gasteiger partial charge is 0.155 e. The zero-order valence-corrected chi connectivity index (χ0v) is 10.4. The average molecular weight is 236 g/mol. The molecule has 2 rings (SSSR count). The second-order valence-electron chi connectivity index (χ2n) is 3.82. The Hall–Kier alpha value is -1.35. The Morgan fingerprint density at radius 3 is 2.69 bits per heavy atom. The fourth-order valence-corrected chi connectivity index (χ4v) is 1.87. The van der Waals surface area contributed by atoms with E-state index in [4.69, 9.17) is 11.6 Å². The third kappa shape index (κ3) is 1.83. The molecule has 16 heavy (non-hydrogen) atoms. The molecule has 0 N–H and O–H groups in total. The van der Waals surface area contributed by atoms with Gasteiger partial charge in [-0.1, -0.05) is 18.5 Å². The molecule has 84 valence electrons. The number of halogens is 1. The van der Waals surface area contributed by atoms with Crippen molar-refractivity contribution in [2.45, 2.75) is 27.2 Å². The van der Waals surface area contributed by atoms with Gasteiger partial charge in [0, 0.05) is 11.8 Å². The Balaban J connectivity index is 2.56. The third-order valence-corrected chi connectivity index (χ3v) is 3.05. The van der Waals surface area contributed by atoms with Crippen LogP contribution in [0.5, 0.6) is 0 Å². The Morgan fingerprint density at radius 1 is 1.38 bits per heavy atom. The number of rotatable bonds is 2. The van der Waals surface area contributed by atoms with Gasteiger partial charge in [-0.15, -0.1) is 0 Å². The zero-order valence-electron chi connectivity index (χ0n) is 9.66. The normalized spacial score (nSPS) is 10.8. The van der Waals surface area contributed by atoms with Gasteiger partial charge in [-0.05, 0) is 38.0 Å². The molecule has 2 aromatic rings. The van der Waals surface area contributed by atoms with E-state index in [1.165, 1.54) is 0 Å². The second kappa shape index (κ2) is 4.26. The highest BCUT2D eigenvalue weighted by atomic mass is 35.5. The minimum Gasteiger partial charge on any atom is -0.237 e.